The number of carbonyl (C=O) groups excluding carboxylic acids is 1. The highest BCUT2D eigenvalue weighted by Crippen LogP contribution is 2.20. The van der Waals surface area contributed by atoms with E-state index in [-0.39, 0.29) is 16.8 Å². The summed E-state index contributed by atoms with van der Waals surface area (Å²) in [5, 5.41) is 10.1. The maximum absolute atomic E-state index is 12.8. The first-order chi connectivity index (χ1) is 14.6. The van der Waals surface area contributed by atoms with Crippen molar-refractivity contribution in [1.29, 1.82) is 0 Å². The molecule has 0 atom stereocenters. The molecule has 0 aliphatic carbocycles. The molecule has 0 unspecified atom stereocenters. The topological polar surface area (TPSA) is 132 Å². The van der Waals surface area contributed by atoms with Gasteiger partial charge in [-0.3, -0.25) is 14.2 Å². The van der Waals surface area contributed by atoms with Gasteiger partial charge in [0.2, 0.25) is 0 Å². The SMILES string of the molecule is CC.CNc1cc(Nc2cccn(-c3ccccn3)c2=O)nc2c(C(N)=O)cnn12. The summed E-state index contributed by atoms with van der Waals surface area (Å²) in [6.07, 6.45) is 4.60. The highest BCUT2D eigenvalue weighted by Gasteiger charge is 2.15. The summed E-state index contributed by atoms with van der Waals surface area (Å²) in [5.41, 5.74) is 5.86. The third-order valence-corrected chi connectivity index (χ3v) is 4.10. The van der Waals surface area contributed by atoms with E-state index in [0.29, 0.717) is 23.1 Å². The second-order valence-electron chi connectivity index (χ2n) is 5.84. The van der Waals surface area contributed by atoms with Gasteiger partial charge in [-0.2, -0.15) is 9.61 Å². The summed E-state index contributed by atoms with van der Waals surface area (Å²) >= 11 is 0. The van der Waals surface area contributed by atoms with Crippen molar-refractivity contribution < 1.29 is 4.79 Å². The standard InChI is InChI=1S/C18H16N8O2.C2H6/c1-20-15-9-13(24-17-11(16(19)27)10-22-26(15)17)23-12-5-4-8-25(18(12)28)14-6-2-3-7-21-14;1-2/h2-10,20H,1H3,(H2,19,27)(H,23,24);1-2H3. The summed E-state index contributed by atoms with van der Waals surface area (Å²) < 4.78 is 2.88. The van der Waals surface area contributed by atoms with Crippen molar-refractivity contribution in [3.63, 3.8) is 0 Å². The fraction of sp³-hybridized carbons (Fsp3) is 0.150. The molecule has 10 nitrogen and oxygen atoms in total. The van der Waals surface area contributed by atoms with Crippen LogP contribution in [0.25, 0.3) is 11.5 Å². The van der Waals surface area contributed by atoms with E-state index >= 15 is 0 Å². The molecule has 4 heterocycles. The predicted molar refractivity (Wildman–Crippen MR) is 116 cm³/mol. The van der Waals surface area contributed by atoms with E-state index < -0.39 is 5.91 Å². The number of aromatic nitrogens is 5. The average molecular weight is 406 g/mol. The van der Waals surface area contributed by atoms with E-state index in [2.05, 4.69) is 25.7 Å². The third-order valence-electron chi connectivity index (χ3n) is 4.10. The Bertz CT molecular complexity index is 1230. The number of nitrogens with two attached hydrogens (primary N) is 1. The molecule has 0 radical (unpaired) electrons. The van der Waals surface area contributed by atoms with Gasteiger partial charge in [0.1, 0.15) is 28.7 Å². The molecule has 0 aromatic carbocycles. The molecule has 0 spiro atoms. The van der Waals surface area contributed by atoms with Crippen molar-refractivity contribution in [1.82, 2.24) is 24.1 Å². The van der Waals surface area contributed by atoms with Gasteiger partial charge in [-0.25, -0.2) is 9.97 Å². The van der Waals surface area contributed by atoms with Crippen molar-refractivity contribution in [2.24, 2.45) is 5.73 Å². The molecule has 4 aromatic rings. The monoisotopic (exact) mass is 406 g/mol. The lowest BCUT2D eigenvalue weighted by atomic mass is 10.3. The Hall–Kier alpha value is -4.21. The Morgan fingerprint density at radius 3 is 2.63 bits per heavy atom. The zero-order chi connectivity index (χ0) is 21.7. The van der Waals surface area contributed by atoms with E-state index in [0.717, 1.165) is 0 Å². The molecule has 0 aliphatic heterocycles. The van der Waals surface area contributed by atoms with Crippen LogP contribution in [0.5, 0.6) is 0 Å². The highest BCUT2D eigenvalue weighted by atomic mass is 16.1. The Morgan fingerprint density at radius 1 is 1.17 bits per heavy atom. The van der Waals surface area contributed by atoms with Gasteiger partial charge in [0.25, 0.3) is 11.5 Å². The van der Waals surface area contributed by atoms with Crippen molar-refractivity contribution in [2.45, 2.75) is 13.8 Å². The number of carbonyl (C=O) groups is 1. The summed E-state index contributed by atoms with van der Waals surface area (Å²) in [6, 6.07) is 10.3. The lowest BCUT2D eigenvalue weighted by Gasteiger charge is -2.11. The number of nitrogens with one attached hydrogen (secondary N) is 2. The van der Waals surface area contributed by atoms with Crippen LogP contribution in [0.2, 0.25) is 0 Å². The Labute approximate surface area is 172 Å². The van der Waals surface area contributed by atoms with Gasteiger partial charge >= 0.3 is 0 Å². The summed E-state index contributed by atoms with van der Waals surface area (Å²) in [7, 11) is 1.71. The maximum Gasteiger partial charge on any atom is 0.279 e. The number of amides is 1. The van der Waals surface area contributed by atoms with Gasteiger partial charge in [0.05, 0.1) is 6.20 Å². The molecule has 154 valence electrons. The van der Waals surface area contributed by atoms with Crippen LogP contribution >= 0.6 is 0 Å². The molecule has 30 heavy (non-hydrogen) atoms. The molecule has 4 rings (SSSR count). The second kappa shape index (κ2) is 8.86. The number of nitrogens with zero attached hydrogens (tertiary/aromatic N) is 5. The number of anilines is 3. The molecule has 4 aromatic heterocycles. The Morgan fingerprint density at radius 2 is 1.97 bits per heavy atom. The number of rotatable bonds is 5. The molecule has 0 bridgehead atoms. The minimum Gasteiger partial charge on any atom is -0.373 e. The zero-order valence-corrected chi connectivity index (χ0v) is 16.8. The largest absolute Gasteiger partial charge is 0.373 e. The summed E-state index contributed by atoms with van der Waals surface area (Å²) in [4.78, 5) is 33.1. The van der Waals surface area contributed by atoms with Crippen molar-refractivity contribution in [2.75, 3.05) is 17.7 Å². The van der Waals surface area contributed by atoms with Gasteiger partial charge in [-0.15, -0.1) is 0 Å². The first-order valence-electron chi connectivity index (χ1n) is 9.35. The van der Waals surface area contributed by atoms with Gasteiger partial charge in [-0.1, -0.05) is 19.9 Å². The van der Waals surface area contributed by atoms with Gasteiger partial charge in [0.15, 0.2) is 5.65 Å². The second-order valence-corrected chi connectivity index (χ2v) is 5.84. The fourth-order valence-electron chi connectivity index (χ4n) is 2.78. The molecular weight excluding hydrogens is 384 g/mol. The van der Waals surface area contributed by atoms with Gasteiger partial charge in [0, 0.05) is 25.5 Å². The van der Waals surface area contributed by atoms with Gasteiger partial charge in [-0.05, 0) is 24.3 Å². The van der Waals surface area contributed by atoms with Gasteiger partial charge < -0.3 is 16.4 Å². The minimum absolute atomic E-state index is 0.180. The fourth-order valence-corrected chi connectivity index (χ4v) is 2.78. The molecule has 0 fully saturated rings. The molecule has 0 saturated heterocycles. The minimum atomic E-state index is -0.640. The van der Waals surface area contributed by atoms with Crippen molar-refractivity contribution in [3.05, 3.63) is 70.9 Å². The number of hydrogen-bond acceptors (Lipinski definition) is 7. The number of pyridine rings is 2. The van der Waals surface area contributed by atoms with E-state index in [1.54, 1.807) is 55.8 Å². The van der Waals surface area contributed by atoms with E-state index in [1.165, 1.54) is 15.3 Å². The van der Waals surface area contributed by atoms with Crippen LogP contribution in [0.4, 0.5) is 17.3 Å². The van der Waals surface area contributed by atoms with Crippen LogP contribution < -0.4 is 21.9 Å². The third kappa shape index (κ3) is 3.83. The molecule has 10 heteroatoms. The van der Waals surface area contributed by atoms with E-state index in [4.69, 9.17) is 5.73 Å². The molecule has 1 amide bonds. The number of fused-ring (bicyclic) bond motifs is 1. The number of primary amides is 1. The average Bonchev–Trinajstić information content (AvgIpc) is 3.21. The first kappa shape index (κ1) is 20.5. The van der Waals surface area contributed by atoms with Crippen LogP contribution in [0.1, 0.15) is 24.2 Å². The quantitative estimate of drug-likeness (QED) is 0.463. The van der Waals surface area contributed by atoms with Crippen LogP contribution in [0, 0.1) is 0 Å². The molecule has 0 aliphatic rings. The van der Waals surface area contributed by atoms with Crippen LogP contribution in [0.3, 0.4) is 0 Å². The van der Waals surface area contributed by atoms with E-state index in [9.17, 15) is 9.59 Å². The lowest BCUT2D eigenvalue weighted by Crippen LogP contribution is -2.21. The predicted octanol–water partition coefficient (Wildman–Crippen LogP) is 2.19. The zero-order valence-electron chi connectivity index (χ0n) is 16.8. The number of hydrogen-bond donors (Lipinski definition) is 3. The highest BCUT2D eigenvalue weighted by molar-refractivity contribution is 5.98. The van der Waals surface area contributed by atoms with Crippen LogP contribution in [-0.2, 0) is 0 Å². The lowest BCUT2D eigenvalue weighted by molar-refractivity contribution is 0.100. The summed E-state index contributed by atoms with van der Waals surface area (Å²) in [5.74, 6) is 0.790. The Kier molecular flexibility index (Phi) is 6.06. The van der Waals surface area contributed by atoms with Crippen molar-refractivity contribution >= 4 is 28.9 Å². The maximum atomic E-state index is 12.8. The van der Waals surface area contributed by atoms with E-state index in [1.807, 2.05) is 13.8 Å². The van der Waals surface area contributed by atoms with Crippen molar-refractivity contribution in [3.8, 4) is 5.82 Å². The first-order valence-corrected chi connectivity index (χ1v) is 9.35. The molecule has 4 N–H and O–H groups in total. The van der Waals surface area contributed by atoms with Crippen LogP contribution in [-0.4, -0.2) is 37.1 Å². The van der Waals surface area contributed by atoms with Crippen LogP contribution in [0.15, 0.2) is 59.8 Å². The normalized spacial score (nSPS) is 10.2. The summed E-state index contributed by atoms with van der Waals surface area (Å²) in [6.45, 7) is 4.00. The smallest absolute Gasteiger partial charge is 0.279 e. The molecule has 0 saturated carbocycles. The molecular formula is C20H22N8O2. The Balaban J connectivity index is 0.00000124.